The summed E-state index contributed by atoms with van der Waals surface area (Å²) in [5, 5.41) is 3.79. The van der Waals surface area contributed by atoms with Gasteiger partial charge in [0.05, 0.1) is 5.69 Å². The summed E-state index contributed by atoms with van der Waals surface area (Å²) in [4.78, 5) is 4.46. The molecule has 0 fully saturated rings. The van der Waals surface area contributed by atoms with Crippen LogP contribution in [0.3, 0.4) is 0 Å². The fourth-order valence-corrected chi connectivity index (χ4v) is 1.45. The minimum Gasteiger partial charge on any atom is -0.486 e. The lowest BCUT2D eigenvalue weighted by atomic mass is 10.2. The lowest BCUT2D eigenvalue weighted by Crippen LogP contribution is -2.16. The van der Waals surface area contributed by atoms with Gasteiger partial charge in [-0.2, -0.15) is 0 Å². The number of aryl methyl sites for hydroxylation is 1. The van der Waals surface area contributed by atoms with Gasteiger partial charge in [0.2, 0.25) is 0 Å². The summed E-state index contributed by atoms with van der Waals surface area (Å²) in [5.74, 6) is 0.765. The predicted octanol–water partition coefficient (Wildman–Crippen LogP) is 3.02. The van der Waals surface area contributed by atoms with E-state index in [1.54, 1.807) is 0 Å². The van der Waals surface area contributed by atoms with E-state index >= 15 is 0 Å². The first-order chi connectivity index (χ1) is 8.13. The molecule has 0 bridgehead atoms. The number of aromatic nitrogens is 1. The Hall–Kier alpha value is -1.06. The van der Waals surface area contributed by atoms with Gasteiger partial charge >= 0.3 is 0 Å². The van der Waals surface area contributed by atoms with Gasteiger partial charge in [-0.15, -0.1) is 0 Å². The zero-order valence-corrected chi connectivity index (χ0v) is 11.2. The molecular weight excluding hydrogens is 236 g/mol. The van der Waals surface area contributed by atoms with Crippen LogP contribution in [0.25, 0.3) is 0 Å². The predicted molar refractivity (Wildman–Crippen MR) is 71.5 cm³/mol. The van der Waals surface area contributed by atoms with Gasteiger partial charge in [0.1, 0.15) is 12.4 Å². The van der Waals surface area contributed by atoms with Gasteiger partial charge in [0, 0.05) is 17.3 Å². The molecule has 1 N–H and O–H groups in total. The van der Waals surface area contributed by atoms with Gasteiger partial charge < -0.3 is 10.1 Å². The van der Waals surface area contributed by atoms with Crippen LogP contribution >= 0.6 is 11.6 Å². The Morgan fingerprint density at radius 1 is 1.53 bits per heavy atom. The van der Waals surface area contributed by atoms with Crippen molar-refractivity contribution < 1.29 is 4.74 Å². The second-order valence-corrected chi connectivity index (χ2v) is 4.41. The molecular formula is C13H19ClN2O. The molecule has 3 nitrogen and oxygen atoms in total. The fraction of sp³-hybridized carbons (Fsp3) is 0.462. The minimum absolute atomic E-state index is 0.313. The van der Waals surface area contributed by atoms with Crippen molar-refractivity contribution in [3.8, 4) is 5.75 Å². The van der Waals surface area contributed by atoms with Crippen LogP contribution in [0, 0.1) is 6.92 Å². The summed E-state index contributed by atoms with van der Waals surface area (Å²) in [6.07, 6.45) is 1.10. The Bertz CT molecular complexity index is 380. The molecule has 0 aliphatic carbocycles. The van der Waals surface area contributed by atoms with Crippen molar-refractivity contribution in [3.05, 3.63) is 35.1 Å². The van der Waals surface area contributed by atoms with Crippen LogP contribution in [0.15, 0.2) is 23.7 Å². The lowest BCUT2D eigenvalue weighted by molar-refractivity contribution is 0.351. The zero-order chi connectivity index (χ0) is 12.7. The molecule has 0 aliphatic rings. The third-order valence-electron chi connectivity index (χ3n) is 2.18. The molecule has 0 atom stereocenters. The number of halogens is 1. The van der Waals surface area contributed by atoms with Gasteiger partial charge in [-0.1, -0.05) is 25.1 Å². The smallest absolute Gasteiger partial charge is 0.142 e. The first-order valence-corrected chi connectivity index (χ1v) is 6.14. The molecule has 0 aliphatic heterocycles. The van der Waals surface area contributed by atoms with Crippen LogP contribution < -0.4 is 10.1 Å². The monoisotopic (exact) mass is 254 g/mol. The van der Waals surface area contributed by atoms with E-state index < -0.39 is 0 Å². The molecule has 0 saturated heterocycles. The highest BCUT2D eigenvalue weighted by molar-refractivity contribution is 6.29. The van der Waals surface area contributed by atoms with E-state index in [1.807, 2.05) is 19.1 Å². The van der Waals surface area contributed by atoms with Crippen LogP contribution in [-0.4, -0.2) is 18.1 Å². The molecule has 0 aromatic carbocycles. The van der Waals surface area contributed by atoms with Crippen LogP contribution in [0.5, 0.6) is 5.75 Å². The third-order valence-corrected chi connectivity index (χ3v) is 2.28. The zero-order valence-electron chi connectivity index (χ0n) is 10.4. The van der Waals surface area contributed by atoms with Crippen molar-refractivity contribution in [3.63, 3.8) is 0 Å². The summed E-state index contributed by atoms with van der Waals surface area (Å²) in [6, 6.07) is 3.85. The fourth-order valence-electron chi connectivity index (χ4n) is 1.40. The Labute approximate surface area is 108 Å². The van der Waals surface area contributed by atoms with E-state index in [0.717, 1.165) is 30.1 Å². The van der Waals surface area contributed by atoms with E-state index in [0.29, 0.717) is 18.2 Å². The first-order valence-electron chi connectivity index (χ1n) is 5.76. The number of pyridine rings is 1. The van der Waals surface area contributed by atoms with E-state index in [-0.39, 0.29) is 0 Å². The van der Waals surface area contributed by atoms with Gasteiger partial charge in [-0.25, -0.2) is 0 Å². The highest BCUT2D eigenvalue weighted by Gasteiger charge is 2.05. The number of nitrogens with zero attached hydrogens (tertiary/aromatic N) is 1. The highest BCUT2D eigenvalue weighted by atomic mass is 35.5. The molecule has 4 heteroatoms. The van der Waals surface area contributed by atoms with Crippen molar-refractivity contribution >= 4 is 11.6 Å². The summed E-state index contributed by atoms with van der Waals surface area (Å²) >= 11 is 5.68. The molecule has 0 spiro atoms. The second-order valence-electron chi connectivity index (χ2n) is 3.88. The van der Waals surface area contributed by atoms with E-state index in [4.69, 9.17) is 16.3 Å². The van der Waals surface area contributed by atoms with Crippen molar-refractivity contribution in [1.82, 2.24) is 10.3 Å². The maximum Gasteiger partial charge on any atom is 0.142 e. The number of hydrogen-bond donors (Lipinski definition) is 1. The van der Waals surface area contributed by atoms with Crippen molar-refractivity contribution in [2.45, 2.75) is 26.8 Å². The Morgan fingerprint density at radius 2 is 2.29 bits per heavy atom. The average molecular weight is 255 g/mol. The van der Waals surface area contributed by atoms with Crippen LogP contribution in [0.4, 0.5) is 0 Å². The summed E-state index contributed by atoms with van der Waals surface area (Å²) in [5.41, 5.74) is 1.90. The van der Waals surface area contributed by atoms with Gasteiger partial charge in [0.25, 0.3) is 0 Å². The molecule has 1 aromatic rings. The molecule has 17 heavy (non-hydrogen) atoms. The number of nitrogens with one attached hydrogen (secondary N) is 1. The van der Waals surface area contributed by atoms with E-state index in [1.165, 1.54) is 0 Å². The number of hydrogen-bond acceptors (Lipinski definition) is 3. The average Bonchev–Trinajstić information content (AvgIpc) is 2.28. The Morgan fingerprint density at radius 3 is 2.94 bits per heavy atom. The normalized spacial score (nSPS) is 10.3. The SMILES string of the molecule is C=C(Cl)COc1ccc(C)nc1CNCCC. The standard InChI is InChI=1S/C13H19ClN2O/c1-4-7-15-8-12-13(17-9-10(2)14)6-5-11(3)16-12/h5-6,15H,2,4,7-9H2,1,3H3. The molecule has 1 aromatic heterocycles. The maximum absolute atomic E-state index is 5.68. The molecule has 1 rings (SSSR count). The van der Waals surface area contributed by atoms with Gasteiger partial charge in [-0.05, 0) is 32.0 Å². The highest BCUT2D eigenvalue weighted by Crippen LogP contribution is 2.17. The lowest BCUT2D eigenvalue weighted by Gasteiger charge is -2.11. The topological polar surface area (TPSA) is 34.1 Å². The molecule has 0 amide bonds. The number of ether oxygens (including phenoxy) is 1. The van der Waals surface area contributed by atoms with Crippen LogP contribution in [-0.2, 0) is 6.54 Å². The summed E-state index contributed by atoms with van der Waals surface area (Å²) in [6.45, 7) is 9.68. The van der Waals surface area contributed by atoms with E-state index in [9.17, 15) is 0 Å². The summed E-state index contributed by atoms with van der Waals surface area (Å²) < 4.78 is 5.55. The first kappa shape index (κ1) is 14.0. The minimum atomic E-state index is 0.313. The van der Waals surface area contributed by atoms with Crippen LogP contribution in [0.2, 0.25) is 0 Å². The maximum atomic E-state index is 5.68. The van der Waals surface area contributed by atoms with Gasteiger partial charge in [-0.3, -0.25) is 4.98 Å². The molecule has 0 radical (unpaired) electrons. The van der Waals surface area contributed by atoms with Crippen molar-refractivity contribution in [2.24, 2.45) is 0 Å². The molecule has 0 saturated carbocycles. The molecule has 1 heterocycles. The van der Waals surface area contributed by atoms with E-state index in [2.05, 4.69) is 23.8 Å². The quantitative estimate of drug-likeness (QED) is 0.760. The van der Waals surface area contributed by atoms with Crippen molar-refractivity contribution in [2.75, 3.05) is 13.2 Å². The Balaban J connectivity index is 2.69. The molecule has 94 valence electrons. The third kappa shape index (κ3) is 5.20. The molecule has 0 unspecified atom stereocenters. The second kappa shape index (κ2) is 7.30. The van der Waals surface area contributed by atoms with Gasteiger partial charge in [0.15, 0.2) is 0 Å². The number of rotatable bonds is 7. The van der Waals surface area contributed by atoms with Crippen LogP contribution in [0.1, 0.15) is 24.7 Å². The Kier molecular flexibility index (Phi) is 6.01. The summed E-state index contributed by atoms with van der Waals surface area (Å²) in [7, 11) is 0. The van der Waals surface area contributed by atoms with Crippen molar-refractivity contribution in [1.29, 1.82) is 0 Å². The largest absolute Gasteiger partial charge is 0.486 e.